The standard InChI is InChI=1S/C20H21N3O3S2/c1-27-20-21-17-7-3-4-8-18(17)23(20)19(24)15-9-11-16(12-10-15)28(25,26)22-13-5-2-6-14-22/h3-4,7-12H,2,5-6,13-14H2,1H3/p+1. The Morgan fingerprint density at radius 1 is 1.00 bits per heavy atom. The highest BCUT2D eigenvalue weighted by molar-refractivity contribution is 7.98. The Kier molecular flexibility index (Phi) is 5.27. The molecule has 0 aliphatic carbocycles. The van der Waals surface area contributed by atoms with Crippen molar-refractivity contribution in [3.05, 3.63) is 54.1 Å². The van der Waals surface area contributed by atoms with E-state index in [2.05, 4.69) is 4.98 Å². The molecule has 0 unspecified atom stereocenters. The molecule has 2 heterocycles. The van der Waals surface area contributed by atoms with Gasteiger partial charge in [0.25, 0.3) is 0 Å². The molecule has 4 rings (SSSR count). The van der Waals surface area contributed by atoms with Gasteiger partial charge < -0.3 is 0 Å². The summed E-state index contributed by atoms with van der Waals surface area (Å²) in [6.07, 6.45) is 4.76. The molecule has 1 N–H and O–H groups in total. The number of carbonyl (C=O) groups is 1. The van der Waals surface area contributed by atoms with Crippen LogP contribution >= 0.6 is 11.8 Å². The number of benzene rings is 2. The van der Waals surface area contributed by atoms with Crippen molar-refractivity contribution in [1.29, 1.82) is 0 Å². The number of aromatic amines is 1. The Balaban J connectivity index is 1.67. The van der Waals surface area contributed by atoms with Crippen LogP contribution in [0.1, 0.15) is 29.6 Å². The topological polar surface area (TPSA) is 73.5 Å². The molecule has 0 saturated carbocycles. The van der Waals surface area contributed by atoms with Crippen molar-refractivity contribution in [2.75, 3.05) is 19.3 Å². The Morgan fingerprint density at radius 3 is 2.36 bits per heavy atom. The van der Waals surface area contributed by atoms with E-state index in [-0.39, 0.29) is 10.8 Å². The first kappa shape index (κ1) is 19.2. The van der Waals surface area contributed by atoms with Gasteiger partial charge in [0.2, 0.25) is 10.0 Å². The molecule has 1 aliphatic rings. The summed E-state index contributed by atoms with van der Waals surface area (Å²) >= 11 is 1.45. The summed E-state index contributed by atoms with van der Waals surface area (Å²) in [7, 11) is -3.50. The molecule has 6 nitrogen and oxygen atoms in total. The third-order valence-corrected chi connectivity index (χ3v) is 7.62. The van der Waals surface area contributed by atoms with E-state index in [0.29, 0.717) is 18.7 Å². The van der Waals surface area contributed by atoms with Crippen molar-refractivity contribution >= 4 is 38.7 Å². The average Bonchev–Trinajstić information content (AvgIpc) is 3.12. The molecular weight excluding hydrogens is 394 g/mol. The number of H-pyrrole nitrogens is 1. The van der Waals surface area contributed by atoms with Gasteiger partial charge in [-0.25, -0.2) is 18.2 Å². The number of thioether (sulfide) groups is 1. The quantitative estimate of drug-likeness (QED) is 0.613. The fraction of sp³-hybridized carbons (Fsp3) is 0.300. The van der Waals surface area contributed by atoms with E-state index in [0.717, 1.165) is 35.5 Å². The highest BCUT2D eigenvalue weighted by atomic mass is 32.2. The zero-order valence-corrected chi connectivity index (χ0v) is 17.2. The molecule has 0 amide bonds. The molecule has 0 bridgehead atoms. The highest BCUT2D eigenvalue weighted by Crippen LogP contribution is 2.23. The molecule has 0 atom stereocenters. The molecule has 1 aliphatic heterocycles. The number of nitrogens with one attached hydrogen (secondary N) is 1. The van der Waals surface area contributed by atoms with Crippen LogP contribution in [0.5, 0.6) is 0 Å². The number of nitrogens with zero attached hydrogens (tertiary/aromatic N) is 2. The SMILES string of the molecule is CSc1[nH+]c2ccccc2n1C(=O)c1ccc(S(=O)(=O)N2CCCCC2)cc1. The molecule has 0 radical (unpaired) electrons. The lowest BCUT2D eigenvalue weighted by Crippen LogP contribution is -2.35. The van der Waals surface area contributed by atoms with Crippen LogP contribution in [0.25, 0.3) is 11.0 Å². The van der Waals surface area contributed by atoms with E-state index in [1.807, 2.05) is 30.5 Å². The van der Waals surface area contributed by atoms with Gasteiger partial charge in [-0.1, -0.05) is 18.6 Å². The van der Waals surface area contributed by atoms with Gasteiger partial charge >= 0.3 is 11.1 Å². The molecule has 8 heteroatoms. The molecule has 28 heavy (non-hydrogen) atoms. The van der Waals surface area contributed by atoms with Crippen molar-refractivity contribution < 1.29 is 18.2 Å². The van der Waals surface area contributed by atoms with Crippen molar-refractivity contribution in [2.45, 2.75) is 29.3 Å². The number of rotatable bonds is 4. The minimum atomic E-state index is -3.50. The van der Waals surface area contributed by atoms with E-state index in [1.54, 1.807) is 16.7 Å². The fourth-order valence-electron chi connectivity index (χ4n) is 3.55. The van der Waals surface area contributed by atoms with Gasteiger partial charge in [0.15, 0.2) is 11.0 Å². The van der Waals surface area contributed by atoms with Gasteiger partial charge in [-0.15, -0.1) is 4.57 Å². The van der Waals surface area contributed by atoms with Gasteiger partial charge in [0, 0.05) is 13.1 Å². The van der Waals surface area contributed by atoms with E-state index in [1.165, 1.54) is 28.2 Å². The minimum absolute atomic E-state index is 0.191. The van der Waals surface area contributed by atoms with Crippen LogP contribution in [0.4, 0.5) is 0 Å². The van der Waals surface area contributed by atoms with E-state index in [9.17, 15) is 13.2 Å². The number of para-hydroxylation sites is 2. The Bertz CT molecular complexity index is 1120. The van der Waals surface area contributed by atoms with Crippen molar-refractivity contribution in [2.24, 2.45) is 0 Å². The molecular formula is C20H22N3O3S2+. The van der Waals surface area contributed by atoms with Gasteiger partial charge in [-0.3, -0.25) is 0 Å². The number of hydrogen-bond donors (Lipinski definition) is 0. The number of imidazole rings is 1. The van der Waals surface area contributed by atoms with Gasteiger partial charge in [0.05, 0.1) is 10.5 Å². The second kappa shape index (κ2) is 7.69. The van der Waals surface area contributed by atoms with Crippen LogP contribution in [-0.4, -0.2) is 42.5 Å². The highest BCUT2D eigenvalue weighted by Gasteiger charge is 2.28. The summed E-state index contributed by atoms with van der Waals surface area (Å²) in [5, 5.41) is 0.733. The molecule has 1 saturated heterocycles. The lowest BCUT2D eigenvalue weighted by atomic mass is 10.2. The molecule has 1 fully saturated rings. The van der Waals surface area contributed by atoms with Crippen LogP contribution in [-0.2, 0) is 10.0 Å². The smallest absolute Gasteiger partial charge is 0.240 e. The normalized spacial score (nSPS) is 15.8. The van der Waals surface area contributed by atoms with E-state index < -0.39 is 10.0 Å². The predicted molar refractivity (Wildman–Crippen MR) is 109 cm³/mol. The first-order chi connectivity index (χ1) is 13.5. The summed E-state index contributed by atoms with van der Waals surface area (Å²) in [6.45, 7) is 1.12. The van der Waals surface area contributed by atoms with Crippen molar-refractivity contribution in [3.63, 3.8) is 0 Å². The van der Waals surface area contributed by atoms with Crippen LogP contribution < -0.4 is 4.98 Å². The first-order valence-electron chi connectivity index (χ1n) is 9.24. The summed E-state index contributed by atoms with van der Waals surface area (Å²) in [5.41, 5.74) is 2.12. The Morgan fingerprint density at radius 2 is 1.68 bits per heavy atom. The average molecular weight is 417 g/mol. The predicted octanol–water partition coefficient (Wildman–Crippen LogP) is 3.04. The van der Waals surface area contributed by atoms with Crippen molar-refractivity contribution in [3.8, 4) is 0 Å². The monoisotopic (exact) mass is 416 g/mol. The summed E-state index contributed by atoms with van der Waals surface area (Å²) in [4.78, 5) is 16.6. The maximum atomic E-state index is 13.1. The van der Waals surface area contributed by atoms with Crippen LogP contribution in [0, 0.1) is 0 Å². The number of aromatic nitrogens is 2. The summed E-state index contributed by atoms with van der Waals surface area (Å²) < 4.78 is 28.8. The minimum Gasteiger partial charge on any atom is -0.240 e. The molecule has 146 valence electrons. The Labute approximate surface area is 168 Å². The van der Waals surface area contributed by atoms with E-state index in [4.69, 9.17) is 0 Å². The van der Waals surface area contributed by atoms with Gasteiger partial charge in [-0.2, -0.15) is 4.31 Å². The number of sulfonamides is 1. The number of fused-ring (bicyclic) bond motifs is 1. The number of carbonyl (C=O) groups excluding carboxylic acids is 1. The van der Waals surface area contributed by atoms with Crippen molar-refractivity contribution in [1.82, 2.24) is 8.87 Å². The lowest BCUT2D eigenvalue weighted by Gasteiger charge is -2.25. The fourth-order valence-corrected chi connectivity index (χ4v) is 5.64. The summed E-state index contributed by atoms with van der Waals surface area (Å²) in [6, 6.07) is 13.9. The second-order valence-electron chi connectivity index (χ2n) is 6.78. The maximum absolute atomic E-state index is 13.1. The van der Waals surface area contributed by atoms with Crippen LogP contribution in [0.2, 0.25) is 0 Å². The van der Waals surface area contributed by atoms with Crippen LogP contribution in [0.3, 0.4) is 0 Å². The largest absolute Gasteiger partial charge is 0.346 e. The Hall–Kier alpha value is -2.16. The zero-order chi connectivity index (χ0) is 19.7. The molecule has 1 aromatic heterocycles. The number of piperidine rings is 1. The molecule has 3 aromatic rings. The lowest BCUT2D eigenvalue weighted by molar-refractivity contribution is -0.398. The van der Waals surface area contributed by atoms with E-state index >= 15 is 0 Å². The molecule has 0 spiro atoms. The van der Waals surface area contributed by atoms with Gasteiger partial charge in [0.1, 0.15) is 0 Å². The number of hydrogen-bond acceptors (Lipinski definition) is 4. The third kappa shape index (κ3) is 3.36. The second-order valence-corrected chi connectivity index (χ2v) is 9.51. The summed E-state index contributed by atoms with van der Waals surface area (Å²) in [5.74, 6) is -0.191. The first-order valence-corrected chi connectivity index (χ1v) is 11.9. The van der Waals surface area contributed by atoms with Gasteiger partial charge in [-0.05, 0) is 67.3 Å². The third-order valence-electron chi connectivity index (χ3n) is 5.04. The molecule has 2 aromatic carbocycles. The zero-order valence-electron chi connectivity index (χ0n) is 15.6. The maximum Gasteiger partial charge on any atom is 0.346 e. The van der Waals surface area contributed by atoms with Crippen LogP contribution in [0.15, 0.2) is 58.6 Å².